The predicted octanol–water partition coefficient (Wildman–Crippen LogP) is 8.65. The van der Waals surface area contributed by atoms with Crippen molar-refractivity contribution >= 4 is 12.0 Å². The fourth-order valence-corrected chi connectivity index (χ4v) is 13.8. The Morgan fingerprint density at radius 3 is 1.27 bits per heavy atom. The van der Waals surface area contributed by atoms with Crippen molar-refractivity contribution in [1.82, 2.24) is 0 Å². The van der Waals surface area contributed by atoms with Crippen LogP contribution in [0.1, 0.15) is 141 Å². The summed E-state index contributed by atoms with van der Waals surface area (Å²) in [6.07, 6.45) is 27.9. The molecule has 8 nitrogen and oxygen atoms in total. The molecule has 9 aliphatic rings. The molecule has 7 fully saturated rings. The highest BCUT2D eigenvalue weighted by Crippen LogP contribution is 2.72. The minimum absolute atomic E-state index is 0.0852. The second-order valence-electron chi connectivity index (χ2n) is 17.7. The average molecular weight is 675 g/mol. The van der Waals surface area contributed by atoms with Crippen LogP contribution in [0, 0.1) is 40.9 Å². The van der Waals surface area contributed by atoms with E-state index in [4.69, 9.17) is 38.9 Å². The van der Waals surface area contributed by atoms with Gasteiger partial charge in [0.05, 0.1) is 60.6 Å². The van der Waals surface area contributed by atoms with Crippen LogP contribution in [0.25, 0.3) is 0 Å². The first-order chi connectivity index (χ1) is 24.3. The maximum Gasteiger partial charge on any atom is 0.147 e. The lowest BCUT2D eigenvalue weighted by Crippen LogP contribution is -2.54. The second kappa shape index (κ2) is 14.9. The smallest absolute Gasteiger partial charge is 0.147 e. The molecule has 14 unspecified atom stereocenters. The van der Waals surface area contributed by atoms with Gasteiger partial charge in [0.15, 0.2) is 0 Å². The van der Waals surface area contributed by atoms with E-state index in [9.17, 15) is 0 Å². The molecule has 0 saturated heterocycles. The fourth-order valence-electron chi connectivity index (χ4n) is 13.8. The highest BCUT2D eigenvalue weighted by molar-refractivity contribution is 5.43. The van der Waals surface area contributed by atoms with Crippen molar-refractivity contribution in [2.75, 3.05) is 13.6 Å². The molecule has 0 N–H and O–H groups in total. The average Bonchev–Trinajstić information content (AvgIpc) is 3.45. The van der Waals surface area contributed by atoms with Crippen molar-refractivity contribution in [2.45, 2.75) is 190 Å². The van der Waals surface area contributed by atoms with Crippen molar-refractivity contribution in [3.05, 3.63) is 0 Å². The van der Waals surface area contributed by atoms with Gasteiger partial charge >= 0.3 is 0 Å². The largest absolute Gasteiger partial charge is 0.350 e. The molecule has 0 radical (unpaired) electrons. The number of aliphatic imine (C=N–C) groups is 4. The third-order valence-corrected chi connectivity index (χ3v) is 15.8. The SMILES string of the molecule is C1=NC2CCCCC2OCOC2CC(C3(C4CCC5N=C=NC6CCCCC6OCOC5C4)C4CCCCC4C4CCCCC43)CCC2N=1. The number of ether oxygens (including phenoxy) is 4. The quantitative estimate of drug-likeness (QED) is 0.293. The normalized spacial score (nSPS) is 50.1. The van der Waals surface area contributed by atoms with Crippen LogP contribution in [0.4, 0.5) is 0 Å². The summed E-state index contributed by atoms with van der Waals surface area (Å²) in [5, 5.41) is 0. The molecule has 9 rings (SSSR count). The van der Waals surface area contributed by atoms with E-state index in [1.54, 1.807) is 0 Å². The number of nitrogens with zero attached hydrogens (tertiary/aromatic N) is 4. The van der Waals surface area contributed by atoms with Crippen LogP contribution in [0.2, 0.25) is 0 Å². The Labute approximate surface area is 294 Å². The molecule has 2 heterocycles. The van der Waals surface area contributed by atoms with Gasteiger partial charge in [0, 0.05) is 0 Å². The second-order valence-corrected chi connectivity index (χ2v) is 17.7. The van der Waals surface area contributed by atoms with Crippen molar-refractivity contribution < 1.29 is 18.9 Å². The molecule has 270 valence electrons. The van der Waals surface area contributed by atoms with Gasteiger partial charge in [0.25, 0.3) is 0 Å². The van der Waals surface area contributed by atoms with Crippen LogP contribution in [-0.4, -0.2) is 74.2 Å². The summed E-state index contributed by atoms with van der Waals surface area (Å²) in [4.78, 5) is 19.7. The summed E-state index contributed by atoms with van der Waals surface area (Å²) in [5.41, 5.74) is 0.337. The first-order valence-electron chi connectivity index (χ1n) is 21.0. The molecule has 0 aromatic rings. The Bertz CT molecular complexity index is 1180. The van der Waals surface area contributed by atoms with Crippen LogP contribution >= 0.6 is 0 Å². The number of hydrogen-bond donors (Lipinski definition) is 0. The Morgan fingerprint density at radius 2 is 0.776 bits per heavy atom. The molecular formula is C41H62N4O4. The van der Waals surface area contributed by atoms with Crippen LogP contribution in [-0.2, 0) is 18.9 Å². The van der Waals surface area contributed by atoms with Gasteiger partial charge in [-0.25, -0.2) is 20.0 Å². The van der Waals surface area contributed by atoms with Crippen LogP contribution in [0.5, 0.6) is 0 Å². The molecule has 0 aromatic carbocycles. The van der Waals surface area contributed by atoms with Crippen molar-refractivity contribution in [3.8, 4) is 0 Å². The highest BCUT2D eigenvalue weighted by atomic mass is 16.7. The molecule has 0 aromatic heterocycles. The molecule has 14 atom stereocenters. The third-order valence-electron chi connectivity index (χ3n) is 15.8. The Morgan fingerprint density at radius 1 is 0.388 bits per heavy atom. The molecule has 8 heteroatoms. The van der Waals surface area contributed by atoms with Gasteiger partial charge in [0.2, 0.25) is 0 Å². The molecule has 49 heavy (non-hydrogen) atoms. The lowest BCUT2D eigenvalue weighted by Gasteiger charge is -2.58. The number of rotatable bonds is 2. The van der Waals surface area contributed by atoms with Crippen molar-refractivity contribution in [3.63, 3.8) is 0 Å². The zero-order valence-electron chi connectivity index (χ0n) is 30.0. The van der Waals surface area contributed by atoms with Crippen LogP contribution < -0.4 is 0 Å². The number of fused-ring (bicyclic) bond motifs is 7. The van der Waals surface area contributed by atoms with E-state index in [0.717, 1.165) is 75.0 Å². The van der Waals surface area contributed by atoms with E-state index in [-0.39, 0.29) is 48.6 Å². The van der Waals surface area contributed by atoms with Gasteiger partial charge in [-0.05, 0) is 131 Å². The van der Waals surface area contributed by atoms with E-state index in [0.29, 0.717) is 30.8 Å². The zero-order chi connectivity index (χ0) is 32.6. The van der Waals surface area contributed by atoms with Gasteiger partial charge in [-0.15, -0.1) is 0 Å². The Hall–Kier alpha value is -1.40. The summed E-state index contributed by atoms with van der Waals surface area (Å²) in [6.45, 7) is 0.765. The topological polar surface area (TPSA) is 86.4 Å². The summed E-state index contributed by atoms with van der Waals surface area (Å²) >= 11 is 0. The van der Waals surface area contributed by atoms with E-state index >= 15 is 0 Å². The molecule has 0 spiro atoms. The van der Waals surface area contributed by atoms with Crippen molar-refractivity contribution in [2.24, 2.45) is 60.9 Å². The molecule has 2 aliphatic heterocycles. The van der Waals surface area contributed by atoms with Crippen LogP contribution in [0.15, 0.2) is 20.0 Å². The fraction of sp³-hybridized carbons (Fsp3) is 0.951. The molecule has 0 bridgehead atoms. The third kappa shape index (κ3) is 6.37. The van der Waals surface area contributed by atoms with Gasteiger partial charge < -0.3 is 18.9 Å². The summed E-state index contributed by atoms with van der Waals surface area (Å²) in [5.74, 6) is 4.75. The lowest BCUT2D eigenvalue weighted by atomic mass is 9.48. The minimum Gasteiger partial charge on any atom is -0.350 e. The lowest BCUT2D eigenvalue weighted by molar-refractivity contribution is -0.172. The Kier molecular flexibility index (Phi) is 10.2. The highest BCUT2D eigenvalue weighted by Gasteiger charge is 2.66. The number of hydrogen-bond acceptors (Lipinski definition) is 8. The maximum absolute atomic E-state index is 6.78. The summed E-state index contributed by atoms with van der Waals surface area (Å²) in [7, 11) is 0. The minimum atomic E-state index is 0.0852. The molecule has 0 amide bonds. The first-order valence-corrected chi connectivity index (χ1v) is 21.0. The van der Waals surface area contributed by atoms with Gasteiger partial charge in [-0.2, -0.15) is 0 Å². The predicted molar refractivity (Wildman–Crippen MR) is 189 cm³/mol. The molecule has 7 aliphatic carbocycles. The standard InChI is InChI=1S/C41H62N4O4/c1-3-11-31-29(9-1)30-10-2-4-12-32(30)41(31,27-17-19-35-39(21-27)48-25-46-37-15-7-5-13-33(37)42-23-44-35)28-18-20-36-40(22-28)49-26-47-38-16-8-6-14-34(38)43-24-45-36/h27-40H,1-22,25-26H2. The molecule has 7 saturated carbocycles. The first kappa shape index (κ1) is 33.4. The van der Waals surface area contributed by atoms with Crippen LogP contribution in [0.3, 0.4) is 0 Å². The molecular weight excluding hydrogens is 612 g/mol. The van der Waals surface area contributed by atoms with Crippen molar-refractivity contribution in [1.29, 1.82) is 0 Å². The summed E-state index contributed by atoms with van der Waals surface area (Å²) < 4.78 is 26.4. The van der Waals surface area contributed by atoms with E-state index < -0.39 is 0 Å². The van der Waals surface area contributed by atoms with E-state index in [2.05, 4.69) is 12.0 Å². The van der Waals surface area contributed by atoms with Gasteiger partial charge in [0.1, 0.15) is 13.6 Å². The Balaban J connectivity index is 1.03. The van der Waals surface area contributed by atoms with E-state index in [1.807, 2.05) is 0 Å². The summed E-state index contributed by atoms with van der Waals surface area (Å²) in [6, 6.07) is 7.06. The monoisotopic (exact) mass is 674 g/mol. The van der Waals surface area contributed by atoms with E-state index in [1.165, 1.54) is 89.9 Å². The van der Waals surface area contributed by atoms with Gasteiger partial charge in [-0.1, -0.05) is 51.4 Å². The zero-order valence-corrected chi connectivity index (χ0v) is 30.0. The van der Waals surface area contributed by atoms with Gasteiger partial charge in [-0.3, -0.25) is 0 Å². The maximum atomic E-state index is 6.78.